The highest BCUT2D eigenvalue weighted by molar-refractivity contribution is 7.48. The molecule has 2 N–H and O–H groups in total. The minimum absolute atomic E-state index is 0.0818. The van der Waals surface area contributed by atoms with Gasteiger partial charge in [-0.25, -0.2) is 18.1 Å². The topological polar surface area (TPSA) is 115 Å². The second-order valence-corrected chi connectivity index (χ2v) is 7.88. The van der Waals surface area contributed by atoms with Gasteiger partial charge in [0.15, 0.2) is 18.0 Å². The summed E-state index contributed by atoms with van der Waals surface area (Å²) in [6, 6.07) is 1.23. The monoisotopic (exact) mass is 381 g/mol. The number of phosphoric acid groups is 1. The Kier molecular flexibility index (Phi) is 4.28. The van der Waals surface area contributed by atoms with E-state index >= 15 is 8.78 Å². The Hall–Kier alpha value is -1.39. The van der Waals surface area contributed by atoms with E-state index < -0.39 is 50.1 Å². The summed E-state index contributed by atoms with van der Waals surface area (Å²) in [5, 5.41) is 0. The summed E-state index contributed by atoms with van der Waals surface area (Å²) >= 11 is 0. The molecule has 5 unspecified atom stereocenters. The van der Waals surface area contributed by atoms with Gasteiger partial charge < -0.3 is 10.5 Å². The second-order valence-electron chi connectivity index (χ2n) is 6.31. The van der Waals surface area contributed by atoms with E-state index in [1.807, 2.05) is 0 Å². The van der Waals surface area contributed by atoms with E-state index in [1.165, 1.54) is 6.07 Å². The molecule has 0 radical (unpaired) electrons. The van der Waals surface area contributed by atoms with Crippen LogP contribution >= 0.6 is 7.82 Å². The maximum Gasteiger partial charge on any atom is 0.475 e. The molecular formula is C13H18F2N3O6P. The van der Waals surface area contributed by atoms with Gasteiger partial charge in [0, 0.05) is 6.20 Å². The third-order valence-corrected chi connectivity index (χ3v) is 5.39. The molecule has 0 spiro atoms. The van der Waals surface area contributed by atoms with Gasteiger partial charge in [-0.15, -0.1) is 0 Å². The molecule has 5 atom stereocenters. The zero-order valence-corrected chi connectivity index (χ0v) is 14.6. The number of hydrogen-bond acceptors (Lipinski definition) is 8. The van der Waals surface area contributed by atoms with Crippen molar-refractivity contribution < 1.29 is 31.7 Å². The number of nitrogens with zero attached hydrogens (tertiary/aromatic N) is 2. The molecule has 1 aromatic heterocycles. The van der Waals surface area contributed by atoms with Crippen LogP contribution in [0.4, 0.5) is 14.6 Å². The Morgan fingerprint density at radius 3 is 2.80 bits per heavy atom. The lowest BCUT2D eigenvalue weighted by atomic mass is 9.97. The van der Waals surface area contributed by atoms with Crippen LogP contribution in [0.5, 0.6) is 0 Å². The molecule has 2 saturated heterocycles. The molecule has 0 aliphatic carbocycles. The smallest absolute Gasteiger partial charge is 0.383 e. The van der Waals surface area contributed by atoms with Crippen LogP contribution in [0.2, 0.25) is 0 Å². The number of ether oxygens (including phenoxy) is 1. The average molecular weight is 381 g/mol. The fourth-order valence-corrected chi connectivity index (χ4v) is 4.42. The number of rotatable bonds is 3. The zero-order valence-electron chi connectivity index (χ0n) is 13.7. The lowest BCUT2D eigenvalue weighted by Crippen LogP contribution is -2.51. The molecule has 9 nitrogen and oxygen atoms in total. The van der Waals surface area contributed by atoms with Gasteiger partial charge in [0.05, 0.1) is 6.10 Å². The van der Waals surface area contributed by atoms with Crippen molar-refractivity contribution in [1.29, 1.82) is 0 Å². The van der Waals surface area contributed by atoms with Crippen LogP contribution in [0.15, 0.2) is 17.1 Å². The number of phosphoric ester groups is 1. The maximum atomic E-state index is 15.4. The van der Waals surface area contributed by atoms with Crippen LogP contribution in [0, 0.1) is 0 Å². The number of fused-ring (bicyclic) bond motifs is 1. The van der Waals surface area contributed by atoms with Gasteiger partial charge in [-0.05, 0) is 26.8 Å². The number of alkyl halides is 2. The molecule has 0 amide bonds. The minimum atomic E-state index is -4.18. The summed E-state index contributed by atoms with van der Waals surface area (Å²) < 4.78 is 63.5. The summed E-state index contributed by atoms with van der Waals surface area (Å²) in [6.07, 6.45) is -3.10. The predicted octanol–water partition coefficient (Wildman–Crippen LogP) is 1.70. The molecule has 25 heavy (non-hydrogen) atoms. The van der Waals surface area contributed by atoms with E-state index in [0.717, 1.165) is 17.7 Å². The first-order valence-corrected chi connectivity index (χ1v) is 8.95. The Morgan fingerprint density at radius 2 is 2.20 bits per heavy atom. The molecule has 1 aromatic rings. The highest BCUT2D eigenvalue weighted by Crippen LogP contribution is 2.63. The number of halogens is 2. The number of anilines is 1. The van der Waals surface area contributed by atoms with Crippen molar-refractivity contribution in [2.45, 2.75) is 50.7 Å². The molecule has 140 valence electrons. The van der Waals surface area contributed by atoms with Crippen LogP contribution < -0.4 is 11.4 Å². The van der Waals surface area contributed by atoms with E-state index in [9.17, 15) is 9.36 Å². The first-order chi connectivity index (χ1) is 11.5. The average Bonchev–Trinajstić information content (AvgIpc) is 2.67. The molecule has 12 heteroatoms. The van der Waals surface area contributed by atoms with Crippen LogP contribution in [0.1, 0.15) is 27.0 Å². The van der Waals surface area contributed by atoms with Crippen LogP contribution in [0.3, 0.4) is 0 Å². The number of hydrogen-bond donors (Lipinski definition) is 1. The van der Waals surface area contributed by atoms with Gasteiger partial charge in [-0.3, -0.25) is 18.1 Å². The lowest BCUT2D eigenvalue weighted by Gasteiger charge is -2.36. The first kappa shape index (κ1) is 18.4. The molecule has 3 heterocycles. The highest BCUT2D eigenvalue weighted by Gasteiger charge is 2.70. The number of aromatic nitrogens is 2. The first-order valence-electron chi connectivity index (χ1n) is 7.48. The molecule has 2 aliphatic heterocycles. The predicted molar refractivity (Wildman–Crippen MR) is 81.0 cm³/mol. The molecule has 0 bridgehead atoms. The zero-order chi connectivity index (χ0) is 18.6. The van der Waals surface area contributed by atoms with Gasteiger partial charge in [-0.2, -0.15) is 4.98 Å². The van der Waals surface area contributed by atoms with Crippen LogP contribution in [0.25, 0.3) is 0 Å². The van der Waals surface area contributed by atoms with Crippen molar-refractivity contribution in [1.82, 2.24) is 9.55 Å². The van der Waals surface area contributed by atoms with E-state index in [4.69, 9.17) is 24.0 Å². The van der Waals surface area contributed by atoms with Crippen molar-refractivity contribution in [2.75, 3.05) is 12.3 Å². The summed E-state index contributed by atoms with van der Waals surface area (Å²) in [4.78, 5) is 15.4. The minimum Gasteiger partial charge on any atom is -0.383 e. The van der Waals surface area contributed by atoms with E-state index in [0.29, 0.717) is 0 Å². The van der Waals surface area contributed by atoms with Crippen LogP contribution in [-0.4, -0.2) is 39.9 Å². The summed E-state index contributed by atoms with van der Waals surface area (Å²) in [5.74, 6) is -2.84. The Bertz CT molecular complexity index is 787. The van der Waals surface area contributed by atoms with E-state index in [2.05, 4.69) is 4.98 Å². The van der Waals surface area contributed by atoms with Crippen LogP contribution in [-0.2, 0) is 22.9 Å². The Morgan fingerprint density at radius 1 is 1.52 bits per heavy atom. The van der Waals surface area contributed by atoms with Crippen molar-refractivity contribution >= 4 is 13.6 Å². The van der Waals surface area contributed by atoms with Gasteiger partial charge in [0.25, 0.3) is 5.85 Å². The van der Waals surface area contributed by atoms with Crippen molar-refractivity contribution in [2.24, 2.45) is 0 Å². The second kappa shape index (κ2) is 5.82. The van der Waals surface area contributed by atoms with E-state index in [-0.39, 0.29) is 5.82 Å². The Labute approximate surface area is 141 Å². The Balaban J connectivity index is 1.97. The third-order valence-electron chi connectivity index (χ3n) is 3.79. The lowest BCUT2D eigenvalue weighted by molar-refractivity contribution is -0.221. The van der Waals surface area contributed by atoms with Gasteiger partial charge in [-0.1, -0.05) is 0 Å². The fraction of sp³-hybridized carbons (Fsp3) is 0.692. The third kappa shape index (κ3) is 3.11. The summed E-state index contributed by atoms with van der Waals surface area (Å²) in [6.45, 7) is 3.21. The standard InChI is InChI=1S/C13H18F2N3O6P/c1-7(2)23-25(20)21-6-13(15)9(24-25)12(3,14)10(22-13)18-5-4-8(16)17-11(18)19/h4-5,7,9-10H,6H2,1-3H3,(H2,16,17,19). The summed E-state index contributed by atoms with van der Waals surface area (Å²) in [7, 11) is -4.18. The van der Waals surface area contributed by atoms with Crippen molar-refractivity contribution in [3.8, 4) is 0 Å². The summed E-state index contributed by atoms with van der Waals surface area (Å²) in [5.41, 5.74) is 1.88. The largest absolute Gasteiger partial charge is 0.475 e. The van der Waals surface area contributed by atoms with Crippen molar-refractivity contribution in [3.63, 3.8) is 0 Å². The van der Waals surface area contributed by atoms with Gasteiger partial charge >= 0.3 is 13.5 Å². The molecule has 0 aromatic carbocycles. The number of nitrogen functional groups attached to an aromatic ring is 1. The van der Waals surface area contributed by atoms with Gasteiger partial charge in [0.2, 0.25) is 0 Å². The SMILES string of the molecule is CC(C)OP1(=O)OCC2(F)OC(n3ccc(N)nc3=O)C(C)(F)C2O1. The highest BCUT2D eigenvalue weighted by atomic mass is 31.2. The number of nitrogens with two attached hydrogens (primary N) is 1. The normalized spacial score (nSPS) is 41.0. The van der Waals surface area contributed by atoms with E-state index in [1.54, 1.807) is 13.8 Å². The fourth-order valence-electron chi connectivity index (χ4n) is 2.78. The molecular weight excluding hydrogens is 363 g/mol. The quantitative estimate of drug-likeness (QED) is 0.787. The maximum absolute atomic E-state index is 15.4. The van der Waals surface area contributed by atoms with Crippen molar-refractivity contribution in [3.05, 3.63) is 22.7 Å². The van der Waals surface area contributed by atoms with Gasteiger partial charge in [0.1, 0.15) is 12.4 Å². The molecule has 2 aliphatic rings. The molecule has 0 saturated carbocycles. The molecule has 3 rings (SSSR count). The molecule has 2 fully saturated rings.